The SMILES string of the molecule is CCC(N)C(=O)Nc1cccc(S(=O)(=O)c2ccc(NC(=O)OC)cc2)c1. The van der Waals surface area contributed by atoms with E-state index in [0.29, 0.717) is 17.8 Å². The van der Waals surface area contributed by atoms with E-state index in [1.54, 1.807) is 13.0 Å². The maximum absolute atomic E-state index is 12.8. The van der Waals surface area contributed by atoms with E-state index >= 15 is 0 Å². The monoisotopic (exact) mass is 391 g/mol. The Bertz CT molecular complexity index is 926. The van der Waals surface area contributed by atoms with Crippen LogP contribution in [0.3, 0.4) is 0 Å². The molecule has 2 aromatic rings. The number of amides is 2. The second-order valence-electron chi connectivity index (χ2n) is 5.68. The van der Waals surface area contributed by atoms with Crippen molar-refractivity contribution >= 4 is 33.2 Å². The third-order valence-corrected chi connectivity index (χ3v) is 5.55. The summed E-state index contributed by atoms with van der Waals surface area (Å²) in [5, 5.41) is 5.05. The maximum atomic E-state index is 12.8. The molecule has 0 aliphatic rings. The quantitative estimate of drug-likeness (QED) is 0.694. The molecule has 8 nitrogen and oxygen atoms in total. The van der Waals surface area contributed by atoms with Gasteiger partial charge in [0.15, 0.2) is 0 Å². The first-order chi connectivity index (χ1) is 12.8. The van der Waals surface area contributed by atoms with Crippen molar-refractivity contribution in [3.05, 3.63) is 48.5 Å². The molecule has 9 heteroatoms. The highest BCUT2D eigenvalue weighted by Gasteiger charge is 2.19. The molecule has 1 unspecified atom stereocenters. The minimum atomic E-state index is -3.80. The predicted molar refractivity (Wildman–Crippen MR) is 101 cm³/mol. The molecule has 144 valence electrons. The Hall–Kier alpha value is -2.91. The van der Waals surface area contributed by atoms with Crippen molar-refractivity contribution in [2.24, 2.45) is 5.73 Å². The van der Waals surface area contributed by atoms with Crippen molar-refractivity contribution < 1.29 is 22.7 Å². The Balaban J connectivity index is 2.25. The zero-order chi connectivity index (χ0) is 20.0. The Morgan fingerprint density at radius 2 is 1.70 bits per heavy atom. The van der Waals surface area contributed by atoms with Crippen molar-refractivity contribution in [3.63, 3.8) is 0 Å². The number of benzene rings is 2. The van der Waals surface area contributed by atoms with Gasteiger partial charge in [0, 0.05) is 11.4 Å². The van der Waals surface area contributed by atoms with Gasteiger partial charge in [-0.25, -0.2) is 13.2 Å². The lowest BCUT2D eigenvalue weighted by atomic mass is 10.2. The zero-order valence-electron chi connectivity index (χ0n) is 14.9. The van der Waals surface area contributed by atoms with Crippen molar-refractivity contribution in [1.82, 2.24) is 0 Å². The fourth-order valence-corrected chi connectivity index (χ4v) is 3.49. The number of carbonyl (C=O) groups is 2. The molecule has 0 radical (unpaired) electrons. The zero-order valence-corrected chi connectivity index (χ0v) is 15.7. The number of hydrogen-bond acceptors (Lipinski definition) is 6. The summed E-state index contributed by atoms with van der Waals surface area (Å²) in [4.78, 5) is 23.2. The molecule has 0 saturated heterocycles. The summed E-state index contributed by atoms with van der Waals surface area (Å²) in [6.45, 7) is 1.78. The van der Waals surface area contributed by atoms with E-state index in [9.17, 15) is 18.0 Å². The van der Waals surface area contributed by atoms with Crippen LogP contribution in [0.4, 0.5) is 16.2 Å². The highest BCUT2D eigenvalue weighted by Crippen LogP contribution is 2.24. The minimum absolute atomic E-state index is 0.0269. The fraction of sp³-hybridized carbons (Fsp3) is 0.222. The third kappa shape index (κ3) is 5.05. The number of rotatable bonds is 6. The minimum Gasteiger partial charge on any atom is -0.453 e. The second kappa shape index (κ2) is 8.65. The van der Waals surface area contributed by atoms with Crippen LogP contribution in [0.5, 0.6) is 0 Å². The van der Waals surface area contributed by atoms with Gasteiger partial charge in [0.1, 0.15) is 0 Å². The molecule has 0 aliphatic heterocycles. The normalized spacial score (nSPS) is 12.1. The van der Waals surface area contributed by atoms with E-state index in [4.69, 9.17) is 5.73 Å². The first-order valence-corrected chi connectivity index (χ1v) is 9.63. The van der Waals surface area contributed by atoms with Crippen molar-refractivity contribution in [2.75, 3.05) is 17.7 Å². The van der Waals surface area contributed by atoms with Gasteiger partial charge in [-0.3, -0.25) is 10.1 Å². The summed E-state index contributed by atoms with van der Waals surface area (Å²) < 4.78 is 30.1. The van der Waals surface area contributed by atoms with Crippen LogP contribution >= 0.6 is 0 Å². The average molecular weight is 391 g/mol. The number of hydrogen-bond donors (Lipinski definition) is 3. The predicted octanol–water partition coefficient (Wildman–Crippen LogP) is 2.37. The first kappa shape index (κ1) is 20.4. The lowest BCUT2D eigenvalue weighted by molar-refractivity contribution is -0.117. The van der Waals surface area contributed by atoms with Gasteiger partial charge >= 0.3 is 6.09 Å². The van der Waals surface area contributed by atoms with Gasteiger partial charge in [-0.05, 0) is 48.9 Å². The number of anilines is 2. The summed E-state index contributed by atoms with van der Waals surface area (Å²) in [5.74, 6) is -0.384. The van der Waals surface area contributed by atoms with E-state index in [2.05, 4.69) is 15.4 Å². The van der Waals surface area contributed by atoms with Gasteiger partial charge in [-0.1, -0.05) is 13.0 Å². The summed E-state index contributed by atoms with van der Waals surface area (Å²) in [7, 11) is -2.57. The molecule has 2 rings (SSSR count). The van der Waals surface area contributed by atoms with Crippen LogP contribution < -0.4 is 16.4 Å². The van der Waals surface area contributed by atoms with Crippen LogP contribution in [0.15, 0.2) is 58.3 Å². The molecular formula is C18H21N3O5S. The number of methoxy groups -OCH3 is 1. The van der Waals surface area contributed by atoms with E-state index in [1.807, 2.05) is 0 Å². The number of nitrogens with two attached hydrogens (primary N) is 1. The Labute approximate surface area is 157 Å². The second-order valence-corrected chi connectivity index (χ2v) is 7.63. The Kier molecular flexibility index (Phi) is 6.54. The van der Waals surface area contributed by atoms with Gasteiger partial charge in [-0.15, -0.1) is 0 Å². The highest BCUT2D eigenvalue weighted by molar-refractivity contribution is 7.91. The van der Waals surface area contributed by atoms with Crippen LogP contribution in [-0.4, -0.2) is 33.6 Å². The number of ether oxygens (including phenoxy) is 1. The topological polar surface area (TPSA) is 128 Å². The molecule has 27 heavy (non-hydrogen) atoms. The fourth-order valence-electron chi connectivity index (χ4n) is 2.18. The van der Waals surface area contributed by atoms with E-state index < -0.39 is 22.0 Å². The first-order valence-electron chi connectivity index (χ1n) is 8.14. The summed E-state index contributed by atoms with van der Waals surface area (Å²) >= 11 is 0. The number of sulfone groups is 1. The molecule has 0 aromatic heterocycles. The Morgan fingerprint density at radius 1 is 1.04 bits per heavy atom. The molecule has 0 aliphatic carbocycles. The molecule has 2 amide bonds. The van der Waals surface area contributed by atoms with E-state index in [1.165, 1.54) is 49.6 Å². The molecule has 0 spiro atoms. The lowest BCUT2D eigenvalue weighted by Crippen LogP contribution is -2.34. The molecular weight excluding hydrogens is 370 g/mol. The van der Waals surface area contributed by atoms with Crippen LogP contribution in [0.2, 0.25) is 0 Å². The number of nitrogens with one attached hydrogen (secondary N) is 2. The van der Waals surface area contributed by atoms with Crippen LogP contribution in [0.1, 0.15) is 13.3 Å². The summed E-state index contributed by atoms with van der Waals surface area (Å²) in [6, 6.07) is 10.9. The summed E-state index contributed by atoms with van der Waals surface area (Å²) in [6.07, 6.45) is -0.185. The summed E-state index contributed by atoms with van der Waals surface area (Å²) in [5.41, 5.74) is 6.41. The molecule has 2 aromatic carbocycles. The molecule has 0 heterocycles. The average Bonchev–Trinajstić information content (AvgIpc) is 2.67. The third-order valence-electron chi connectivity index (χ3n) is 3.78. The van der Waals surface area contributed by atoms with Gasteiger partial charge in [0.05, 0.1) is 22.9 Å². The Morgan fingerprint density at radius 3 is 2.30 bits per heavy atom. The molecule has 1 atom stereocenters. The smallest absolute Gasteiger partial charge is 0.411 e. The molecule has 4 N–H and O–H groups in total. The molecule has 0 bridgehead atoms. The van der Waals surface area contributed by atoms with Crippen molar-refractivity contribution in [3.8, 4) is 0 Å². The lowest BCUT2D eigenvalue weighted by Gasteiger charge is -2.12. The standard InChI is InChI=1S/C18H21N3O5S/c1-3-16(19)17(22)20-13-5-4-6-15(11-13)27(24,25)14-9-7-12(8-10-14)21-18(23)26-2/h4-11,16H,3,19H2,1-2H3,(H,20,22)(H,21,23). The van der Waals surface area contributed by atoms with E-state index in [-0.39, 0.29) is 15.7 Å². The van der Waals surface area contributed by atoms with Crippen LogP contribution in [0.25, 0.3) is 0 Å². The molecule has 0 saturated carbocycles. The van der Waals surface area contributed by atoms with Crippen molar-refractivity contribution in [2.45, 2.75) is 29.2 Å². The number of carbonyl (C=O) groups excluding carboxylic acids is 2. The van der Waals surface area contributed by atoms with Crippen molar-refractivity contribution in [1.29, 1.82) is 0 Å². The highest BCUT2D eigenvalue weighted by atomic mass is 32.2. The van der Waals surface area contributed by atoms with Crippen LogP contribution in [0, 0.1) is 0 Å². The largest absolute Gasteiger partial charge is 0.453 e. The van der Waals surface area contributed by atoms with Gasteiger partial charge in [0.25, 0.3) is 0 Å². The van der Waals surface area contributed by atoms with Gasteiger partial charge < -0.3 is 15.8 Å². The molecule has 0 fully saturated rings. The van der Waals surface area contributed by atoms with Gasteiger partial charge in [0.2, 0.25) is 15.7 Å². The van der Waals surface area contributed by atoms with Gasteiger partial charge in [-0.2, -0.15) is 0 Å². The van der Waals surface area contributed by atoms with Crippen LogP contribution in [-0.2, 0) is 19.4 Å². The maximum Gasteiger partial charge on any atom is 0.411 e. The van der Waals surface area contributed by atoms with E-state index in [0.717, 1.165) is 0 Å².